The standard InChI is InChI=1S/C28H36N2O11/c1-19-7-9-21(29(15-25(31)36-3)16-26(32)37-4)24(13-19)41-12-11-40-23-10-8-20(35-2)14-22(23)30(17-27(33)38-5)18-28(34)39-6/h7-10,13-14H,11-12,15-18H2,1-6H3. The molecule has 2 aromatic rings. The number of nitrogens with zero attached hydrogens (tertiary/aromatic N) is 2. The van der Waals surface area contributed by atoms with Gasteiger partial charge in [0.15, 0.2) is 0 Å². The fourth-order valence-electron chi connectivity index (χ4n) is 3.63. The van der Waals surface area contributed by atoms with Crippen LogP contribution >= 0.6 is 0 Å². The van der Waals surface area contributed by atoms with Crippen molar-refractivity contribution in [3.05, 3.63) is 42.0 Å². The molecule has 13 nitrogen and oxygen atoms in total. The van der Waals surface area contributed by atoms with Crippen molar-refractivity contribution >= 4 is 35.3 Å². The first-order valence-electron chi connectivity index (χ1n) is 12.5. The van der Waals surface area contributed by atoms with Crippen LogP contribution in [-0.2, 0) is 38.1 Å². The van der Waals surface area contributed by atoms with E-state index in [1.54, 1.807) is 30.3 Å². The fraction of sp³-hybridized carbons (Fsp3) is 0.429. The third kappa shape index (κ3) is 10.1. The van der Waals surface area contributed by atoms with E-state index in [1.807, 2.05) is 13.0 Å². The average molecular weight is 577 g/mol. The smallest absolute Gasteiger partial charge is 0.325 e. The molecule has 224 valence electrons. The molecular weight excluding hydrogens is 540 g/mol. The van der Waals surface area contributed by atoms with Gasteiger partial charge in [0, 0.05) is 6.07 Å². The Hall–Kier alpha value is -4.68. The van der Waals surface area contributed by atoms with Gasteiger partial charge in [0.1, 0.15) is 56.6 Å². The van der Waals surface area contributed by atoms with Crippen LogP contribution in [0.5, 0.6) is 17.2 Å². The Morgan fingerprint density at radius 3 is 1.51 bits per heavy atom. The van der Waals surface area contributed by atoms with Gasteiger partial charge in [0.2, 0.25) is 0 Å². The molecule has 0 aliphatic heterocycles. The highest BCUT2D eigenvalue weighted by Gasteiger charge is 2.22. The molecule has 0 bridgehead atoms. The number of carbonyl (C=O) groups is 4. The number of rotatable bonds is 16. The number of esters is 4. The van der Waals surface area contributed by atoms with E-state index in [0.717, 1.165) is 5.56 Å². The molecule has 0 aliphatic rings. The summed E-state index contributed by atoms with van der Waals surface area (Å²) in [4.78, 5) is 51.1. The Kier molecular flexibility index (Phi) is 13.0. The van der Waals surface area contributed by atoms with E-state index in [-0.39, 0.29) is 39.4 Å². The molecule has 0 fully saturated rings. The Morgan fingerprint density at radius 2 is 1.05 bits per heavy atom. The van der Waals surface area contributed by atoms with E-state index >= 15 is 0 Å². The number of carbonyl (C=O) groups excluding carboxylic acids is 4. The lowest BCUT2D eigenvalue weighted by atomic mass is 10.2. The highest BCUT2D eigenvalue weighted by atomic mass is 16.5. The molecule has 41 heavy (non-hydrogen) atoms. The first-order valence-corrected chi connectivity index (χ1v) is 12.5. The quantitative estimate of drug-likeness (QED) is 0.163. The third-order valence-electron chi connectivity index (χ3n) is 5.75. The molecule has 2 aromatic carbocycles. The van der Waals surface area contributed by atoms with Crippen molar-refractivity contribution in [3.8, 4) is 17.2 Å². The number of hydrogen-bond donors (Lipinski definition) is 0. The van der Waals surface area contributed by atoms with Crippen LogP contribution in [-0.4, -0.2) is 98.8 Å². The van der Waals surface area contributed by atoms with E-state index < -0.39 is 23.9 Å². The SMILES string of the molecule is COC(=O)CN(CC(=O)OC)c1ccc(C)cc1OCCOc1ccc(OC)cc1N(CC(=O)OC)CC(=O)OC. The molecule has 0 radical (unpaired) electrons. The first-order chi connectivity index (χ1) is 19.6. The van der Waals surface area contributed by atoms with Crippen LogP contribution in [0.15, 0.2) is 36.4 Å². The summed E-state index contributed by atoms with van der Waals surface area (Å²) in [6.07, 6.45) is 0. The van der Waals surface area contributed by atoms with Crippen LogP contribution < -0.4 is 24.0 Å². The van der Waals surface area contributed by atoms with E-state index in [9.17, 15) is 19.2 Å². The second-order valence-corrected chi connectivity index (χ2v) is 8.52. The normalized spacial score (nSPS) is 10.2. The van der Waals surface area contributed by atoms with Crippen molar-refractivity contribution < 1.29 is 52.3 Å². The topological polar surface area (TPSA) is 139 Å². The summed E-state index contributed by atoms with van der Waals surface area (Å²) in [6.45, 7) is 1.12. The molecular formula is C28H36N2O11. The van der Waals surface area contributed by atoms with Crippen molar-refractivity contribution in [2.45, 2.75) is 6.92 Å². The summed E-state index contributed by atoms with van der Waals surface area (Å²) in [5.41, 5.74) is 1.78. The molecule has 0 heterocycles. The molecule has 0 amide bonds. The number of benzene rings is 2. The predicted octanol–water partition coefficient (Wildman–Crippen LogP) is 1.77. The minimum Gasteiger partial charge on any atom is -0.497 e. The van der Waals surface area contributed by atoms with Gasteiger partial charge in [-0.2, -0.15) is 0 Å². The van der Waals surface area contributed by atoms with Gasteiger partial charge in [0.05, 0.1) is 46.9 Å². The van der Waals surface area contributed by atoms with Gasteiger partial charge in [-0.25, -0.2) is 0 Å². The van der Waals surface area contributed by atoms with Crippen LogP contribution in [0.1, 0.15) is 5.56 Å². The average Bonchev–Trinajstić information content (AvgIpc) is 2.98. The van der Waals surface area contributed by atoms with Gasteiger partial charge in [-0.05, 0) is 36.8 Å². The Bertz CT molecular complexity index is 1170. The summed E-state index contributed by atoms with van der Waals surface area (Å²) in [5, 5.41) is 0. The van der Waals surface area contributed by atoms with Crippen LogP contribution in [0.25, 0.3) is 0 Å². The largest absolute Gasteiger partial charge is 0.497 e. The van der Waals surface area contributed by atoms with Crippen LogP contribution in [0, 0.1) is 6.92 Å². The van der Waals surface area contributed by atoms with Gasteiger partial charge >= 0.3 is 23.9 Å². The maximum Gasteiger partial charge on any atom is 0.325 e. The summed E-state index contributed by atoms with van der Waals surface area (Å²) in [6, 6.07) is 10.3. The molecule has 13 heteroatoms. The minimum absolute atomic E-state index is 0.0605. The van der Waals surface area contributed by atoms with Gasteiger partial charge < -0.3 is 43.0 Å². The molecule has 0 saturated heterocycles. The minimum atomic E-state index is -0.568. The zero-order valence-electron chi connectivity index (χ0n) is 24.1. The van der Waals surface area contributed by atoms with Crippen molar-refractivity contribution in [3.63, 3.8) is 0 Å². The molecule has 0 aliphatic carbocycles. The van der Waals surface area contributed by atoms with Crippen molar-refractivity contribution in [2.24, 2.45) is 0 Å². The lowest BCUT2D eigenvalue weighted by Crippen LogP contribution is -2.36. The van der Waals surface area contributed by atoms with Gasteiger partial charge in [-0.3, -0.25) is 19.2 Å². The van der Waals surface area contributed by atoms with Crippen molar-refractivity contribution in [1.29, 1.82) is 0 Å². The molecule has 0 N–H and O–H groups in total. The maximum atomic E-state index is 12.1. The summed E-state index contributed by atoms with van der Waals surface area (Å²) >= 11 is 0. The number of methoxy groups -OCH3 is 5. The number of hydrogen-bond acceptors (Lipinski definition) is 13. The van der Waals surface area contributed by atoms with Crippen LogP contribution in [0.2, 0.25) is 0 Å². The predicted molar refractivity (Wildman–Crippen MR) is 148 cm³/mol. The summed E-state index contributed by atoms with van der Waals surface area (Å²) in [5.74, 6) is -0.982. The zero-order valence-corrected chi connectivity index (χ0v) is 24.1. The van der Waals surface area contributed by atoms with E-state index in [1.165, 1.54) is 45.3 Å². The van der Waals surface area contributed by atoms with Gasteiger partial charge in [-0.15, -0.1) is 0 Å². The highest BCUT2D eigenvalue weighted by Crippen LogP contribution is 2.33. The van der Waals surface area contributed by atoms with Crippen LogP contribution in [0.3, 0.4) is 0 Å². The fourth-order valence-corrected chi connectivity index (χ4v) is 3.63. The highest BCUT2D eigenvalue weighted by molar-refractivity contribution is 5.83. The van der Waals surface area contributed by atoms with Crippen LogP contribution in [0.4, 0.5) is 11.4 Å². The number of ether oxygens (including phenoxy) is 7. The molecule has 0 spiro atoms. The first kappa shape index (κ1) is 32.5. The summed E-state index contributed by atoms with van der Waals surface area (Å²) < 4.78 is 36.4. The monoisotopic (exact) mass is 576 g/mol. The second-order valence-electron chi connectivity index (χ2n) is 8.52. The van der Waals surface area contributed by atoms with E-state index in [4.69, 9.17) is 33.2 Å². The summed E-state index contributed by atoms with van der Waals surface area (Å²) in [7, 11) is 6.49. The second kappa shape index (κ2) is 16.4. The maximum absolute atomic E-state index is 12.1. The van der Waals surface area contributed by atoms with Gasteiger partial charge in [0.25, 0.3) is 0 Å². The Balaban J connectivity index is 2.26. The molecule has 0 atom stereocenters. The van der Waals surface area contributed by atoms with Crippen molar-refractivity contribution in [1.82, 2.24) is 0 Å². The molecule has 0 saturated carbocycles. The Labute approximate surface area is 238 Å². The van der Waals surface area contributed by atoms with E-state index in [2.05, 4.69) is 0 Å². The molecule has 0 aromatic heterocycles. The Morgan fingerprint density at radius 1 is 0.585 bits per heavy atom. The number of anilines is 2. The lowest BCUT2D eigenvalue weighted by molar-refractivity contribution is -0.141. The molecule has 0 unspecified atom stereocenters. The lowest BCUT2D eigenvalue weighted by Gasteiger charge is -2.26. The van der Waals surface area contributed by atoms with Crippen molar-refractivity contribution in [2.75, 3.05) is 84.7 Å². The third-order valence-corrected chi connectivity index (χ3v) is 5.75. The molecule has 2 rings (SSSR count). The van der Waals surface area contributed by atoms with E-state index in [0.29, 0.717) is 28.6 Å². The van der Waals surface area contributed by atoms with Gasteiger partial charge in [-0.1, -0.05) is 6.07 Å². The number of aryl methyl sites for hydroxylation is 1. The zero-order chi connectivity index (χ0) is 30.4.